The maximum Gasteiger partial charge on any atom is 0.248 e. The molecule has 1 amide bonds. The fourth-order valence-corrected chi connectivity index (χ4v) is 1.68. The van der Waals surface area contributed by atoms with Crippen molar-refractivity contribution in [1.29, 1.82) is 0 Å². The van der Waals surface area contributed by atoms with Gasteiger partial charge >= 0.3 is 0 Å². The first-order valence-electron chi connectivity index (χ1n) is 5.86. The quantitative estimate of drug-likeness (QED) is 0.798. The summed E-state index contributed by atoms with van der Waals surface area (Å²) in [4.78, 5) is 11.0. The topological polar surface area (TPSA) is 55.1 Å². The van der Waals surface area contributed by atoms with Gasteiger partial charge < -0.3 is 11.1 Å². The number of halogens is 1. The van der Waals surface area contributed by atoms with Gasteiger partial charge in [0.1, 0.15) is 5.82 Å². The summed E-state index contributed by atoms with van der Waals surface area (Å²) >= 11 is 0. The van der Waals surface area contributed by atoms with E-state index in [0.29, 0.717) is 23.7 Å². The van der Waals surface area contributed by atoms with Gasteiger partial charge in [-0.2, -0.15) is 0 Å². The summed E-state index contributed by atoms with van der Waals surface area (Å²) in [5, 5.41) is 3.21. The van der Waals surface area contributed by atoms with E-state index in [-0.39, 0.29) is 5.82 Å². The Labute approximate surface area is 101 Å². The fourth-order valence-electron chi connectivity index (χ4n) is 1.68. The van der Waals surface area contributed by atoms with Crippen molar-refractivity contribution in [3.05, 3.63) is 35.1 Å². The zero-order chi connectivity index (χ0) is 12.8. The van der Waals surface area contributed by atoms with Gasteiger partial charge in [0.05, 0.1) is 0 Å². The molecule has 3 N–H and O–H groups in total. The van der Waals surface area contributed by atoms with Crippen LogP contribution in [-0.4, -0.2) is 11.9 Å². The van der Waals surface area contributed by atoms with Crippen molar-refractivity contribution in [2.45, 2.75) is 39.3 Å². The molecule has 0 aliphatic rings. The number of rotatable bonds is 6. The van der Waals surface area contributed by atoms with E-state index in [1.165, 1.54) is 18.2 Å². The Balaban J connectivity index is 2.69. The number of carbonyl (C=O) groups is 1. The Morgan fingerprint density at radius 2 is 2.24 bits per heavy atom. The van der Waals surface area contributed by atoms with Crippen LogP contribution in [0.15, 0.2) is 18.2 Å². The van der Waals surface area contributed by atoms with Crippen LogP contribution in [0.3, 0.4) is 0 Å². The normalized spacial score (nSPS) is 12.4. The zero-order valence-corrected chi connectivity index (χ0v) is 10.3. The Hall–Kier alpha value is -1.42. The number of nitrogens with two attached hydrogens (primary N) is 1. The molecule has 0 aromatic heterocycles. The molecule has 0 aliphatic heterocycles. The van der Waals surface area contributed by atoms with Crippen molar-refractivity contribution in [3.8, 4) is 0 Å². The molecule has 1 aromatic carbocycles. The molecule has 94 valence electrons. The Kier molecular flexibility index (Phi) is 5.10. The van der Waals surface area contributed by atoms with E-state index in [1.807, 2.05) is 0 Å². The van der Waals surface area contributed by atoms with Crippen LogP contribution in [0.4, 0.5) is 4.39 Å². The van der Waals surface area contributed by atoms with Gasteiger partial charge in [-0.25, -0.2) is 4.39 Å². The molecule has 0 spiro atoms. The second-order valence-electron chi connectivity index (χ2n) is 4.24. The maximum absolute atomic E-state index is 13.5. The largest absolute Gasteiger partial charge is 0.366 e. The standard InChI is InChI=1S/C13H19FN2O/c1-3-4-9(2)16-8-11-7-10(13(15)17)5-6-12(11)14/h5-7,9,16H,3-4,8H2,1-2H3,(H2,15,17). The zero-order valence-electron chi connectivity index (χ0n) is 10.3. The van der Waals surface area contributed by atoms with Gasteiger partial charge in [0.2, 0.25) is 5.91 Å². The van der Waals surface area contributed by atoms with Crippen molar-refractivity contribution in [2.24, 2.45) is 5.73 Å². The minimum Gasteiger partial charge on any atom is -0.366 e. The Bertz CT molecular complexity index is 393. The number of hydrogen-bond donors (Lipinski definition) is 2. The lowest BCUT2D eigenvalue weighted by atomic mass is 10.1. The van der Waals surface area contributed by atoms with E-state index in [0.717, 1.165) is 12.8 Å². The first kappa shape index (κ1) is 13.6. The highest BCUT2D eigenvalue weighted by atomic mass is 19.1. The highest BCUT2D eigenvalue weighted by Crippen LogP contribution is 2.11. The molecule has 0 aliphatic carbocycles. The van der Waals surface area contributed by atoms with Gasteiger partial charge in [0.25, 0.3) is 0 Å². The van der Waals surface area contributed by atoms with Gasteiger partial charge in [-0.05, 0) is 31.5 Å². The van der Waals surface area contributed by atoms with Crippen molar-refractivity contribution < 1.29 is 9.18 Å². The van der Waals surface area contributed by atoms with E-state index >= 15 is 0 Å². The Morgan fingerprint density at radius 3 is 2.82 bits per heavy atom. The second kappa shape index (κ2) is 6.35. The monoisotopic (exact) mass is 238 g/mol. The summed E-state index contributed by atoms with van der Waals surface area (Å²) in [5.41, 5.74) is 5.97. The summed E-state index contributed by atoms with van der Waals surface area (Å²) in [5.74, 6) is -0.848. The van der Waals surface area contributed by atoms with Crippen LogP contribution in [0, 0.1) is 5.82 Å². The lowest BCUT2D eigenvalue weighted by Gasteiger charge is -2.13. The summed E-state index contributed by atoms with van der Waals surface area (Å²) < 4.78 is 13.5. The van der Waals surface area contributed by atoms with Gasteiger partial charge in [-0.15, -0.1) is 0 Å². The average Bonchev–Trinajstić information content (AvgIpc) is 2.28. The third-order valence-electron chi connectivity index (χ3n) is 2.69. The molecular formula is C13H19FN2O. The number of primary amides is 1. The van der Waals surface area contributed by atoms with E-state index < -0.39 is 5.91 Å². The molecule has 0 bridgehead atoms. The van der Waals surface area contributed by atoms with Crippen LogP contribution < -0.4 is 11.1 Å². The average molecular weight is 238 g/mol. The number of benzene rings is 1. The lowest BCUT2D eigenvalue weighted by Crippen LogP contribution is -2.25. The van der Waals surface area contributed by atoms with Crippen LogP contribution in [0.2, 0.25) is 0 Å². The first-order chi connectivity index (χ1) is 8.04. The molecule has 0 heterocycles. The number of hydrogen-bond acceptors (Lipinski definition) is 2. The SMILES string of the molecule is CCCC(C)NCc1cc(C(N)=O)ccc1F. The molecule has 0 fully saturated rings. The van der Waals surface area contributed by atoms with Crippen molar-refractivity contribution in [1.82, 2.24) is 5.32 Å². The van der Waals surface area contributed by atoms with Crippen LogP contribution in [0.5, 0.6) is 0 Å². The van der Waals surface area contributed by atoms with Crippen molar-refractivity contribution in [2.75, 3.05) is 0 Å². The summed E-state index contributed by atoms with van der Waals surface area (Å²) in [6, 6.07) is 4.51. The van der Waals surface area contributed by atoms with Gasteiger partial charge in [-0.1, -0.05) is 13.3 Å². The van der Waals surface area contributed by atoms with Gasteiger partial charge in [-0.3, -0.25) is 4.79 Å². The third-order valence-corrected chi connectivity index (χ3v) is 2.69. The molecule has 1 atom stereocenters. The van der Waals surface area contributed by atoms with E-state index in [9.17, 15) is 9.18 Å². The highest BCUT2D eigenvalue weighted by molar-refractivity contribution is 5.92. The molecule has 0 saturated carbocycles. The molecule has 4 heteroatoms. The predicted molar refractivity (Wildman–Crippen MR) is 66.1 cm³/mol. The minimum atomic E-state index is -0.534. The minimum absolute atomic E-state index is 0.314. The molecule has 0 saturated heterocycles. The van der Waals surface area contributed by atoms with Crippen molar-refractivity contribution >= 4 is 5.91 Å². The predicted octanol–water partition coefficient (Wildman–Crippen LogP) is 2.20. The number of nitrogens with one attached hydrogen (secondary N) is 1. The van der Waals surface area contributed by atoms with E-state index in [4.69, 9.17) is 5.73 Å². The Morgan fingerprint density at radius 1 is 1.53 bits per heavy atom. The smallest absolute Gasteiger partial charge is 0.248 e. The van der Waals surface area contributed by atoms with Crippen molar-refractivity contribution in [3.63, 3.8) is 0 Å². The molecule has 0 radical (unpaired) electrons. The van der Waals surface area contributed by atoms with Gasteiger partial charge in [0, 0.05) is 23.7 Å². The molecule has 1 aromatic rings. The fraction of sp³-hybridized carbons (Fsp3) is 0.462. The summed E-state index contributed by atoms with van der Waals surface area (Å²) in [6.45, 7) is 4.57. The second-order valence-corrected chi connectivity index (χ2v) is 4.24. The van der Waals surface area contributed by atoms with Crippen LogP contribution >= 0.6 is 0 Å². The summed E-state index contributed by atoms with van der Waals surface area (Å²) in [7, 11) is 0. The molecule has 1 rings (SSSR count). The molecule has 3 nitrogen and oxygen atoms in total. The third kappa shape index (κ3) is 4.15. The van der Waals surface area contributed by atoms with E-state index in [1.54, 1.807) is 0 Å². The number of carbonyl (C=O) groups excluding carboxylic acids is 1. The first-order valence-corrected chi connectivity index (χ1v) is 5.86. The van der Waals surface area contributed by atoms with Crippen LogP contribution in [0.1, 0.15) is 42.6 Å². The van der Waals surface area contributed by atoms with Crippen LogP contribution in [-0.2, 0) is 6.54 Å². The molecular weight excluding hydrogens is 219 g/mol. The summed E-state index contributed by atoms with van der Waals surface area (Å²) in [6.07, 6.45) is 2.12. The van der Waals surface area contributed by atoms with Gasteiger partial charge in [0.15, 0.2) is 0 Å². The van der Waals surface area contributed by atoms with Crippen LogP contribution in [0.25, 0.3) is 0 Å². The van der Waals surface area contributed by atoms with E-state index in [2.05, 4.69) is 19.2 Å². The lowest BCUT2D eigenvalue weighted by molar-refractivity contribution is 0.1000. The maximum atomic E-state index is 13.5. The highest BCUT2D eigenvalue weighted by Gasteiger charge is 2.08. The molecule has 1 unspecified atom stereocenters. The molecule has 17 heavy (non-hydrogen) atoms. The number of amides is 1.